The maximum atomic E-state index is 13.1. The fourth-order valence-corrected chi connectivity index (χ4v) is 1.99. The fraction of sp³-hybridized carbons (Fsp3) is 0.538. The molecule has 0 amide bonds. The van der Waals surface area contributed by atoms with E-state index in [1.807, 2.05) is 13.8 Å². The minimum Gasteiger partial charge on any atom is -0.396 e. The van der Waals surface area contributed by atoms with Crippen LogP contribution >= 0.6 is 0 Å². The van der Waals surface area contributed by atoms with E-state index in [1.54, 1.807) is 4.90 Å². The zero-order valence-electron chi connectivity index (χ0n) is 11.4. The van der Waals surface area contributed by atoms with E-state index in [2.05, 4.69) is 0 Å². The summed E-state index contributed by atoms with van der Waals surface area (Å²) in [7, 11) is 0. The number of anilines is 1. The van der Waals surface area contributed by atoms with E-state index in [1.165, 1.54) is 12.1 Å². The van der Waals surface area contributed by atoms with E-state index in [0.717, 1.165) is 6.07 Å². The van der Waals surface area contributed by atoms with Crippen molar-refractivity contribution in [3.05, 3.63) is 33.9 Å². The molecule has 0 aliphatic heterocycles. The molecule has 0 bridgehead atoms. The van der Waals surface area contributed by atoms with Gasteiger partial charge in [-0.2, -0.15) is 0 Å². The van der Waals surface area contributed by atoms with Gasteiger partial charge in [-0.05, 0) is 26.3 Å². The number of hydrogen-bond donors (Lipinski definition) is 1. The lowest BCUT2D eigenvalue weighted by atomic mass is 10.1. The van der Waals surface area contributed by atoms with Crippen molar-refractivity contribution >= 4 is 11.4 Å². The number of rotatable bonds is 7. The standard InChI is InChI=1S/C13H18F2N2O3/c1-9(2)16(6-3-7-18)12-5-4-10(17(19)20)8-11(12)13(14)15/h4-5,8-9,13,18H,3,6-7H2,1-2H3. The molecular weight excluding hydrogens is 270 g/mol. The normalized spacial score (nSPS) is 11.2. The van der Waals surface area contributed by atoms with Crippen molar-refractivity contribution < 1.29 is 18.8 Å². The average molecular weight is 288 g/mol. The minimum atomic E-state index is -2.79. The molecule has 20 heavy (non-hydrogen) atoms. The van der Waals surface area contributed by atoms with Gasteiger partial charge in [0.05, 0.1) is 4.92 Å². The van der Waals surface area contributed by atoms with Crippen LogP contribution in [0.15, 0.2) is 18.2 Å². The predicted octanol–water partition coefficient (Wildman–Crippen LogP) is 3.13. The zero-order chi connectivity index (χ0) is 15.3. The molecule has 7 heteroatoms. The first-order valence-corrected chi connectivity index (χ1v) is 6.32. The van der Waals surface area contributed by atoms with Crippen LogP contribution < -0.4 is 4.90 Å². The summed E-state index contributed by atoms with van der Waals surface area (Å²) in [6, 6.07) is 3.42. The van der Waals surface area contributed by atoms with Crippen LogP contribution in [0.3, 0.4) is 0 Å². The van der Waals surface area contributed by atoms with E-state index < -0.39 is 11.3 Å². The second-order valence-electron chi connectivity index (χ2n) is 4.67. The third-order valence-corrected chi connectivity index (χ3v) is 2.95. The molecule has 0 aromatic heterocycles. The number of nitrogens with zero attached hydrogens (tertiary/aromatic N) is 2. The van der Waals surface area contributed by atoms with Gasteiger partial charge in [-0.15, -0.1) is 0 Å². The molecule has 1 aromatic rings. The van der Waals surface area contributed by atoms with E-state index >= 15 is 0 Å². The molecule has 112 valence electrons. The summed E-state index contributed by atoms with van der Waals surface area (Å²) in [5, 5.41) is 19.6. The number of halogens is 2. The first-order chi connectivity index (χ1) is 9.38. The van der Waals surface area contributed by atoms with Gasteiger partial charge in [0, 0.05) is 42.6 Å². The third-order valence-electron chi connectivity index (χ3n) is 2.95. The van der Waals surface area contributed by atoms with Gasteiger partial charge in [-0.1, -0.05) is 0 Å². The fourth-order valence-electron chi connectivity index (χ4n) is 1.99. The highest BCUT2D eigenvalue weighted by Gasteiger charge is 2.22. The quantitative estimate of drug-likeness (QED) is 0.618. The Morgan fingerprint density at radius 3 is 2.50 bits per heavy atom. The van der Waals surface area contributed by atoms with Crippen molar-refractivity contribution in [2.24, 2.45) is 0 Å². The molecule has 5 nitrogen and oxygen atoms in total. The molecule has 0 aliphatic rings. The summed E-state index contributed by atoms with van der Waals surface area (Å²) in [5.41, 5.74) is -0.435. The average Bonchev–Trinajstić information content (AvgIpc) is 2.38. The van der Waals surface area contributed by atoms with E-state index in [0.29, 0.717) is 13.0 Å². The molecule has 1 aromatic carbocycles. The van der Waals surface area contributed by atoms with Crippen LogP contribution in [0.1, 0.15) is 32.3 Å². The highest BCUT2D eigenvalue weighted by Crippen LogP contribution is 2.34. The van der Waals surface area contributed by atoms with Gasteiger partial charge in [0.2, 0.25) is 0 Å². The summed E-state index contributed by atoms with van der Waals surface area (Å²) < 4.78 is 26.2. The molecule has 0 spiro atoms. The van der Waals surface area contributed by atoms with Gasteiger partial charge >= 0.3 is 0 Å². The number of nitro groups is 1. The second kappa shape index (κ2) is 7.14. The number of non-ortho nitro benzene ring substituents is 1. The van der Waals surface area contributed by atoms with E-state index in [9.17, 15) is 18.9 Å². The lowest BCUT2D eigenvalue weighted by Gasteiger charge is -2.30. The Labute approximate surface area is 116 Å². The Morgan fingerprint density at radius 2 is 2.05 bits per heavy atom. The van der Waals surface area contributed by atoms with Crippen LogP contribution in [-0.2, 0) is 0 Å². The molecule has 0 saturated heterocycles. The van der Waals surface area contributed by atoms with Gasteiger partial charge in [-0.3, -0.25) is 10.1 Å². The first kappa shape index (κ1) is 16.3. The van der Waals surface area contributed by atoms with E-state index in [4.69, 9.17) is 5.11 Å². The van der Waals surface area contributed by atoms with Gasteiger partial charge < -0.3 is 10.0 Å². The molecule has 0 atom stereocenters. The van der Waals surface area contributed by atoms with Crippen LogP contribution in [0.2, 0.25) is 0 Å². The smallest absolute Gasteiger partial charge is 0.270 e. The van der Waals surface area contributed by atoms with Crippen molar-refractivity contribution in [2.45, 2.75) is 32.7 Å². The highest BCUT2D eigenvalue weighted by molar-refractivity contribution is 5.59. The summed E-state index contributed by atoms with van der Waals surface area (Å²) in [5.74, 6) is 0. The SMILES string of the molecule is CC(C)N(CCCO)c1ccc([N+](=O)[O-])cc1C(F)F. The number of benzene rings is 1. The van der Waals surface area contributed by atoms with Crippen LogP contribution in [0.5, 0.6) is 0 Å². The summed E-state index contributed by atoms with van der Waals surface area (Å²) >= 11 is 0. The van der Waals surface area contributed by atoms with Crippen LogP contribution in [0, 0.1) is 10.1 Å². The lowest BCUT2D eigenvalue weighted by molar-refractivity contribution is -0.385. The summed E-state index contributed by atoms with van der Waals surface area (Å²) in [6.07, 6.45) is -2.35. The Hall–Kier alpha value is -1.76. The number of aliphatic hydroxyl groups excluding tert-OH is 1. The maximum absolute atomic E-state index is 13.1. The van der Waals surface area contributed by atoms with Crippen LogP contribution in [0.25, 0.3) is 0 Å². The van der Waals surface area contributed by atoms with Crippen LogP contribution in [0.4, 0.5) is 20.2 Å². The van der Waals surface area contributed by atoms with Crippen LogP contribution in [-0.4, -0.2) is 29.2 Å². The van der Waals surface area contributed by atoms with Crippen molar-refractivity contribution in [1.82, 2.24) is 0 Å². The Bertz CT molecular complexity index is 467. The Kier molecular flexibility index (Phi) is 5.82. The molecule has 0 aliphatic carbocycles. The Morgan fingerprint density at radius 1 is 1.40 bits per heavy atom. The van der Waals surface area contributed by atoms with Gasteiger partial charge in [0.25, 0.3) is 12.1 Å². The molecule has 0 radical (unpaired) electrons. The third kappa shape index (κ3) is 3.86. The number of nitro benzene ring substituents is 1. The van der Waals surface area contributed by atoms with Gasteiger partial charge in [-0.25, -0.2) is 8.78 Å². The molecule has 1 rings (SSSR count). The second-order valence-corrected chi connectivity index (χ2v) is 4.67. The number of hydrogen-bond acceptors (Lipinski definition) is 4. The molecule has 0 heterocycles. The molecule has 1 N–H and O–H groups in total. The Balaban J connectivity index is 3.22. The predicted molar refractivity (Wildman–Crippen MR) is 72.2 cm³/mol. The maximum Gasteiger partial charge on any atom is 0.270 e. The molecule has 0 unspecified atom stereocenters. The lowest BCUT2D eigenvalue weighted by Crippen LogP contribution is -2.33. The van der Waals surface area contributed by atoms with E-state index in [-0.39, 0.29) is 29.6 Å². The molecule has 0 fully saturated rings. The zero-order valence-corrected chi connectivity index (χ0v) is 11.4. The minimum absolute atomic E-state index is 0.0415. The summed E-state index contributed by atoms with van der Waals surface area (Å²) in [6.45, 7) is 4.05. The number of alkyl halides is 2. The van der Waals surface area contributed by atoms with Crippen molar-refractivity contribution in [3.63, 3.8) is 0 Å². The van der Waals surface area contributed by atoms with Crippen molar-refractivity contribution in [2.75, 3.05) is 18.1 Å². The summed E-state index contributed by atoms with van der Waals surface area (Å²) in [4.78, 5) is 11.7. The first-order valence-electron chi connectivity index (χ1n) is 6.32. The number of aliphatic hydroxyl groups is 1. The van der Waals surface area contributed by atoms with Gasteiger partial charge in [0.1, 0.15) is 0 Å². The van der Waals surface area contributed by atoms with Crippen molar-refractivity contribution in [1.29, 1.82) is 0 Å². The topological polar surface area (TPSA) is 66.6 Å². The molecule has 0 saturated carbocycles. The van der Waals surface area contributed by atoms with Gasteiger partial charge in [0.15, 0.2) is 0 Å². The monoisotopic (exact) mass is 288 g/mol. The highest BCUT2D eigenvalue weighted by atomic mass is 19.3. The molecular formula is C13H18F2N2O3. The largest absolute Gasteiger partial charge is 0.396 e. The van der Waals surface area contributed by atoms with Crippen molar-refractivity contribution in [3.8, 4) is 0 Å².